The van der Waals surface area contributed by atoms with Crippen molar-refractivity contribution in [2.24, 2.45) is 0 Å². The van der Waals surface area contributed by atoms with Gasteiger partial charge in [0.25, 0.3) is 10.0 Å². The van der Waals surface area contributed by atoms with Crippen LogP contribution in [0.1, 0.15) is 16.7 Å². The van der Waals surface area contributed by atoms with Crippen LogP contribution in [-0.4, -0.2) is 20.9 Å². The number of halogens is 1. The minimum Gasteiger partial charge on any atom is -0.324 e. The minimum atomic E-state index is -3.96. The molecule has 0 spiro atoms. The van der Waals surface area contributed by atoms with Crippen LogP contribution < -0.4 is 9.62 Å². The van der Waals surface area contributed by atoms with Crippen LogP contribution in [0.2, 0.25) is 5.02 Å². The van der Waals surface area contributed by atoms with E-state index >= 15 is 0 Å². The van der Waals surface area contributed by atoms with Crippen LogP contribution in [0.4, 0.5) is 11.4 Å². The maximum atomic E-state index is 13.4. The molecule has 3 aromatic carbocycles. The molecular formula is C23H23ClN2O3S. The Morgan fingerprint density at radius 2 is 1.60 bits per heavy atom. The molecule has 30 heavy (non-hydrogen) atoms. The number of nitrogens with zero attached hydrogens (tertiary/aromatic N) is 1. The number of benzene rings is 3. The van der Waals surface area contributed by atoms with Crippen LogP contribution in [0.15, 0.2) is 71.6 Å². The standard InChI is InChI=1S/C23H23ClN2O3S/c1-16-7-10-21(11-8-16)30(28,29)26(22-12-9-17(2)13-18(22)3)15-23(27)25-20-6-4-5-19(24)14-20/h4-14H,15H2,1-3H3,(H,25,27). The van der Waals surface area contributed by atoms with Crippen LogP contribution >= 0.6 is 11.6 Å². The fourth-order valence-corrected chi connectivity index (χ4v) is 4.80. The molecule has 5 nitrogen and oxygen atoms in total. The summed E-state index contributed by atoms with van der Waals surface area (Å²) in [6.45, 7) is 5.28. The lowest BCUT2D eigenvalue weighted by Gasteiger charge is -2.26. The number of carbonyl (C=O) groups is 1. The van der Waals surface area contributed by atoms with Gasteiger partial charge in [-0.25, -0.2) is 8.42 Å². The molecule has 0 bridgehead atoms. The lowest BCUT2D eigenvalue weighted by molar-refractivity contribution is -0.114. The number of aryl methyl sites for hydroxylation is 3. The fourth-order valence-electron chi connectivity index (χ4n) is 3.12. The number of nitrogens with one attached hydrogen (secondary N) is 1. The second kappa shape index (κ2) is 8.90. The molecular weight excluding hydrogens is 420 g/mol. The molecule has 0 aromatic heterocycles. The van der Waals surface area contributed by atoms with Gasteiger partial charge >= 0.3 is 0 Å². The molecule has 0 atom stereocenters. The Labute approximate surface area is 182 Å². The number of hydrogen-bond acceptors (Lipinski definition) is 3. The Morgan fingerprint density at radius 3 is 2.23 bits per heavy atom. The van der Waals surface area contributed by atoms with E-state index < -0.39 is 15.9 Å². The SMILES string of the molecule is Cc1ccc(S(=O)(=O)N(CC(=O)Nc2cccc(Cl)c2)c2ccc(C)cc2C)cc1. The Kier molecular flexibility index (Phi) is 6.48. The molecule has 3 rings (SSSR count). The van der Waals surface area contributed by atoms with Crippen molar-refractivity contribution >= 4 is 38.9 Å². The molecule has 3 aromatic rings. The van der Waals surface area contributed by atoms with E-state index in [2.05, 4.69) is 5.32 Å². The maximum Gasteiger partial charge on any atom is 0.264 e. The number of hydrogen-bond donors (Lipinski definition) is 1. The fraction of sp³-hybridized carbons (Fsp3) is 0.174. The van der Waals surface area contributed by atoms with Crippen molar-refractivity contribution in [3.8, 4) is 0 Å². The van der Waals surface area contributed by atoms with E-state index in [1.807, 2.05) is 32.9 Å². The van der Waals surface area contributed by atoms with Gasteiger partial charge in [-0.2, -0.15) is 0 Å². The molecule has 7 heteroatoms. The van der Waals surface area contributed by atoms with Crippen LogP contribution in [0.5, 0.6) is 0 Å². The van der Waals surface area contributed by atoms with Gasteiger partial charge < -0.3 is 5.32 Å². The summed E-state index contributed by atoms with van der Waals surface area (Å²) in [6, 6.07) is 18.7. The van der Waals surface area contributed by atoms with Crippen molar-refractivity contribution < 1.29 is 13.2 Å². The zero-order valence-corrected chi connectivity index (χ0v) is 18.6. The molecule has 1 N–H and O–H groups in total. The van der Waals surface area contributed by atoms with Crippen LogP contribution in [-0.2, 0) is 14.8 Å². The Balaban J connectivity index is 1.99. The molecule has 1 amide bonds. The van der Waals surface area contributed by atoms with E-state index in [1.54, 1.807) is 54.6 Å². The Bertz CT molecular complexity index is 1180. The third kappa shape index (κ3) is 5.01. The number of sulfonamides is 1. The van der Waals surface area contributed by atoms with Crippen molar-refractivity contribution in [1.29, 1.82) is 0 Å². The summed E-state index contributed by atoms with van der Waals surface area (Å²) < 4.78 is 28.0. The monoisotopic (exact) mass is 442 g/mol. The first kappa shape index (κ1) is 21.9. The van der Waals surface area contributed by atoms with E-state index in [1.165, 1.54) is 0 Å². The molecule has 0 aliphatic rings. The van der Waals surface area contributed by atoms with Gasteiger partial charge in [-0.15, -0.1) is 0 Å². The third-order valence-electron chi connectivity index (χ3n) is 4.63. The maximum absolute atomic E-state index is 13.4. The number of rotatable bonds is 6. The van der Waals surface area contributed by atoms with Gasteiger partial charge in [0.1, 0.15) is 6.54 Å². The summed E-state index contributed by atoms with van der Waals surface area (Å²) in [5.41, 5.74) is 3.68. The van der Waals surface area contributed by atoms with Crippen molar-refractivity contribution in [2.75, 3.05) is 16.2 Å². The van der Waals surface area contributed by atoms with Crippen molar-refractivity contribution in [2.45, 2.75) is 25.7 Å². The second-order valence-corrected chi connectivity index (χ2v) is 9.47. The third-order valence-corrected chi connectivity index (χ3v) is 6.63. The summed E-state index contributed by atoms with van der Waals surface area (Å²) in [6.07, 6.45) is 0. The molecule has 156 valence electrons. The predicted octanol–water partition coefficient (Wildman–Crippen LogP) is 5.10. The Hall–Kier alpha value is -2.83. The molecule has 0 aliphatic carbocycles. The van der Waals surface area contributed by atoms with E-state index in [4.69, 9.17) is 11.6 Å². The minimum absolute atomic E-state index is 0.128. The smallest absolute Gasteiger partial charge is 0.264 e. The van der Waals surface area contributed by atoms with E-state index in [0.717, 1.165) is 21.0 Å². The Morgan fingerprint density at radius 1 is 0.933 bits per heavy atom. The molecule has 0 saturated heterocycles. The first-order valence-electron chi connectivity index (χ1n) is 9.39. The average Bonchev–Trinajstić information content (AvgIpc) is 2.67. The predicted molar refractivity (Wildman–Crippen MR) is 122 cm³/mol. The highest BCUT2D eigenvalue weighted by Crippen LogP contribution is 2.28. The quantitative estimate of drug-likeness (QED) is 0.577. The summed E-state index contributed by atoms with van der Waals surface area (Å²) in [5.74, 6) is -0.465. The highest BCUT2D eigenvalue weighted by atomic mass is 35.5. The van der Waals surface area contributed by atoms with Crippen LogP contribution in [0, 0.1) is 20.8 Å². The van der Waals surface area contributed by atoms with Gasteiger partial charge in [-0.05, 0) is 62.7 Å². The van der Waals surface area contributed by atoms with Gasteiger partial charge in [0.15, 0.2) is 0 Å². The molecule has 0 radical (unpaired) electrons. The van der Waals surface area contributed by atoms with E-state index in [-0.39, 0.29) is 11.4 Å². The summed E-state index contributed by atoms with van der Waals surface area (Å²) in [7, 11) is -3.96. The lowest BCUT2D eigenvalue weighted by atomic mass is 10.1. The van der Waals surface area contributed by atoms with Crippen LogP contribution in [0.3, 0.4) is 0 Å². The molecule has 0 unspecified atom stereocenters. The first-order valence-corrected chi connectivity index (χ1v) is 11.2. The molecule has 0 saturated carbocycles. The largest absolute Gasteiger partial charge is 0.324 e. The van der Waals surface area contributed by atoms with Gasteiger partial charge in [0.2, 0.25) is 5.91 Å². The highest BCUT2D eigenvalue weighted by Gasteiger charge is 2.28. The molecule has 0 aliphatic heterocycles. The second-order valence-electron chi connectivity index (χ2n) is 7.17. The number of anilines is 2. The van der Waals surface area contributed by atoms with Gasteiger partial charge in [-0.1, -0.05) is 53.1 Å². The topological polar surface area (TPSA) is 66.5 Å². The van der Waals surface area contributed by atoms with Crippen molar-refractivity contribution in [3.05, 3.63) is 88.4 Å². The van der Waals surface area contributed by atoms with E-state index in [9.17, 15) is 13.2 Å². The summed E-state index contributed by atoms with van der Waals surface area (Å²) >= 11 is 5.97. The van der Waals surface area contributed by atoms with Gasteiger partial charge in [-0.3, -0.25) is 9.10 Å². The molecule has 0 heterocycles. The normalized spacial score (nSPS) is 11.2. The molecule has 0 fully saturated rings. The zero-order valence-electron chi connectivity index (χ0n) is 17.0. The summed E-state index contributed by atoms with van der Waals surface area (Å²) in [4.78, 5) is 12.9. The summed E-state index contributed by atoms with van der Waals surface area (Å²) in [5, 5.41) is 3.20. The van der Waals surface area contributed by atoms with Crippen molar-refractivity contribution in [1.82, 2.24) is 0 Å². The van der Waals surface area contributed by atoms with Crippen molar-refractivity contribution in [3.63, 3.8) is 0 Å². The van der Waals surface area contributed by atoms with E-state index in [0.29, 0.717) is 16.4 Å². The number of carbonyl (C=O) groups excluding carboxylic acids is 1. The highest BCUT2D eigenvalue weighted by molar-refractivity contribution is 7.92. The average molecular weight is 443 g/mol. The van der Waals surface area contributed by atoms with Gasteiger partial charge in [0.05, 0.1) is 10.6 Å². The lowest BCUT2D eigenvalue weighted by Crippen LogP contribution is -2.38. The first-order chi connectivity index (χ1) is 14.2. The zero-order chi connectivity index (χ0) is 21.9. The number of amides is 1. The van der Waals surface area contributed by atoms with Crippen LogP contribution in [0.25, 0.3) is 0 Å². The van der Waals surface area contributed by atoms with Gasteiger partial charge in [0, 0.05) is 10.7 Å².